The first kappa shape index (κ1) is 10.7. The van der Waals surface area contributed by atoms with Crippen molar-refractivity contribution >= 4 is 0 Å². The smallest absolute Gasteiger partial charge is 0.0234 e. The van der Waals surface area contributed by atoms with Gasteiger partial charge in [0.2, 0.25) is 0 Å². The summed E-state index contributed by atoms with van der Waals surface area (Å²) in [4.78, 5) is 0. The van der Waals surface area contributed by atoms with Crippen molar-refractivity contribution in [3.05, 3.63) is 12.2 Å². The van der Waals surface area contributed by atoms with E-state index in [0.29, 0.717) is 0 Å². The average molecular weight is 154 g/mol. The molecule has 0 heteroatoms. The lowest BCUT2D eigenvalue weighted by atomic mass is 9.98. The van der Waals surface area contributed by atoms with Gasteiger partial charge < -0.3 is 0 Å². The predicted molar refractivity (Wildman–Crippen MR) is 52.7 cm³/mol. The van der Waals surface area contributed by atoms with Crippen molar-refractivity contribution in [1.29, 1.82) is 0 Å². The summed E-state index contributed by atoms with van der Waals surface area (Å²) < 4.78 is 0. The van der Waals surface area contributed by atoms with Gasteiger partial charge in [-0.1, -0.05) is 45.8 Å². The van der Waals surface area contributed by atoms with Gasteiger partial charge in [0.15, 0.2) is 0 Å². The van der Waals surface area contributed by atoms with Gasteiger partial charge in [-0.05, 0) is 25.2 Å². The van der Waals surface area contributed by atoms with Gasteiger partial charge in [0.1, 0.15) is 0 Å². The molecule has 0 aromatic heterocycles. The summed E-state index contributed by atoms with van der Waals surface area (Å²) in [6.07, 6.45) is 11.2. The van der Waals surface area contributed by atoms with E-state index in [4.69, 9.17) is 0 Å². The molecule has 0 rings (SSSR count). The van der Waals surface area contributed by atoms with Crippen LogP contribution in [-0.4, -0.2) is 0 Å². The maximum atomic E-state index is 2.40. The summed E-state index contributed by atoms with van der Waals surface area (Å²) in [5, 5.41) is 0. The minimum Gasteiger partial charge on any atom is -0.0885 e. The molecule has 0 aliphatic rings. The van der Waals surface area contributed by atoms with E-state index < -0.39 is 0 Å². The van der Waals surface area contributed by atoms with Crippen molar-refractivity contribution in [3.63, 3.8) is 0 Å². The van der Waals surface area contributed by atoms with Crippen LogP contribution in [0.3, 0.4) is 0 Å². The first-order chi connectivity index (χ1) is 5.35. The van der Waals surface area contributed by atoms with E-state index in [1.165, 1.54) is 32.1 Å². The summed E-state index contributed by atoms with van der Waals surface area (Å²) in [6.45, 7) is 6.73. The molecular formula is C11H22. The van der Waals surface area contributed by atoms with Crippen molar-refractivity contribution in [1.82, 2.24) is 0 Å². The molecule has 11 heavy (non-hydrogen) atoms. The van der Waals surface area contributed by atoms with E-state index in [2.05, 4.69) is 32.9 Å². The minimum atomic E-state index is 0.852. The standard InChI is InChI=1S/C11H22/c1-4-7-10-11(8-5-2)9-6-3/h7,10-11H,4-6,8-9H2,1-3H3. The molecule has 0 radical (unpaired) electrons. The van der Waals surface area contributed by atoms with Crippen LogP contribution in [0.5, 0.6) is 0 Å². The van der Waals surface area contributed by atoms with E-state index in [1.54, 1.807) is 0 Å². The highest BCUT2D eigenvalue weighted by Gasteiger charge is 1.99. The SMILES string of the molecule is CCC=CC(CCC)CCC. The van der Waals surface area contributed by atoms with Crippen LogP contribution in [0, 0.1) is 5.92 Å². The number of hydrogen-bond donors (Lipinski definition) is 0. The summed E-state index contributed by atoms with van der Waals surface area (Å²) >= 11 is 0. The molecule has 0 bridgehead atoms. The largest absolute Gasteiger partial charge is 0.0885 e. The van der Waals surface area contributed by atoms with E-state index in [1.807, 2.05) is 0 Å². The normalized spacial score (nSPS) is 11.6. The molecule has 0 saturated heterocycles. The molecule has 0 aliphatic heterocycles. The van der Waals surface area contributed by atoms with Crippen molar-refractivity contribution in [2.45, 2.75) is 52.9 Å². The van der Waals surface area contributed by atoms with Crippen LogP contribution in [-0.2, 0) is 0 Å². The van der Waals surface area contributed by atoms with Crippen molar-refractivity contribution in [2.24, 2.45) is 5.92 Å². The highest BCUT2D eigenvalue weighted by atomic mass is 14.1. The van der Waals surface area contributed by atoms with Gasteiger partial charge >= 0.3 is 0 Å². The Morgan fingerprint density at radius 2 is 1.55 bits per heavy atom. The Labute approximate surface area is 71.7 Å². The molecular weight excluding hydrogens is 132 g/mol. The lowest BCUT2D eigenvalue weighted by molar-refractivity contribution is 0.528. The Morgan fingerprint density at radius 1 is 1.00 bits per heavy atom. The molecule has 0 heterocycles. The molecule has 0 nitrogen and oxygen atoms in total. The van der Waals surface area contributed by atoms with Crippen molar-refractivity contribution in [2.75, 3.05) is 0 Å². The third-order valence-electron chi connectivity index (χ3n) is 1.96. The van der Waals surface area contributed by atoms with E-state index in [-0.39, 0.29) is 0 Å². The lowest BCUT2D eigenvalue weighted by Gasteiger charge is -2.08. The fourth-order valence-corrected chi connectivity index (χ4v) is 1.41. The van der Waals surface area contributed by atoms with Crippen LogP contribution < -0.4 is 0 Å². The molecule has 0 saturated carbocycles. The number of rotatable bonds is 6. The first-order valence-electron chi connectivity index (χ1n) is 5.01. The van der Waals surface area contributed by atoms with Gasteiger partial charge in [-0.25, -0.2) is 0 Å². The molecule has 0 aromatic carbocycles. The van der Waals surface area contributed by atoms with E-state index in [0.717, 1.165) is 5.92 Å². The monoisotopic (exact) mass is 154 g/mol. The van der Waals surface area contributed by atoms with Crippen LogP contribution in [0.2, 0.25) is 0 Å². The molecule has 0 unspecified atom stereocenters. The minimum absolute atomic E-state index is 0.852. The summed E-state index contributed by atoms with van der Waals surface area (Å²) in [5.41, 5.74) is 0. The maximum Gasteiger partial charge on any atom is -0.0234 e. The highest BCUT2D eigenvalue weighted by molar-refractivity contribution is 4.87. The highest BCUT2D eigenvalue weighted by Crippen LogP contribution is 2.14. The molecule has 0 N–H and O–H groups in total. The second-order valence-electron chi connectivity index (χ2n) is 3.17. The topological polar surface area (TPSA) is 0 Å². The van der Waals surface area contributed by atoms with Gasteiger partial charge in [-0.3, -0.25) is 0 Å². The molecule has 0 fully saturated rings. The fraction of sp³-hybridized carbons (Fsp3) is 0.818. The van der Waals surface area contributed by atoms with Crippen molar-refractivity contribution in [3.8, 4) is 0 Å². The predicted octanol–water partition coefficient (Wildman–Crippen LogP) is 4.17. The van der Waals surface area contributed by atoms with Crippen LogP contribution in [0.25, 0.3) is 0 Å². The Morgan fingerprint density at radius 3 is 1.91 bits per heavy atom. The lowest BCUT2D eigenvalue weighted by Crippen LogP contribution is -1.94. The second-order valence-corrected chi connectivity index (χ2v) is 3.17. The Balaban J connectivity index is 3.58. The quantitative estimate of drug-likeness (QED) is 0.504. The molecule has 0 spiro atoms. The summed E-state index contributed by atoms with van der Waals surface area (Å²) in [6, 6.07) is 0. The van der Waals surface area contributed by atoms with Gasteiger partial charge in [0.25, 0.3) is 0 Å². The molecule has 0 amide bonds. The van der Waals surface area contributed by atoms with Crippen molar-refractivity contribution < 1.29 is 0 Å². The van der Waals surface area contributed by atoms with E-state index in [9.17, 15) is 0 Å². The summed E-state index contributed by atoms with van der Waals surface area (Å²) in [5.74, 6) is 0.852. The van der Waals surface area contributed by atoms with Crippen LogP contribution in [0.15, 0.2) is 12.2 Å². The molecule has 66 valence electrons. The van der Waals surface area contributed by atoms with Gasteiger partial charge in [-0.15, -0.1) is 0 Å². The fourth-order valence-electron chi connectivity index (χ4n) is 1.41. The zero-order valence-corrected chi connectivity index (χ0v) is 8.27. The number of hydrogen-bond acceptors (Lipinski definition) is 0. The van der Waals surface area contributed by atoms with Gasteiger partial charge in [0, 0.05) is 0 Å². The van der Waals surface area contributed by atoms with Gasteiger partial charge in [-0.2, -0.15) is 0 Å². The zero-order chi connectivity index (χ0) is 8.53. The number of allylic oxidation sites excluding steroid dienone is 2. The molecule has 0 atom stereocenters. The third-order valence-corrected chi connectivity index (χ3v) is 1.96. The first-order valence-corrected chi connectivity index (χ1v) is 5.01. The third kappa shape index (κ3) is 6.15. The van der Waals surface area contributed by atoms with Gasteiger partial charge in [0.05, 0.1) is 0 Å². The summed E-state index contributed by atoms with van der Waals surface area (Å²) in [7, 11) is 0. The molecule has 0 aromatic rings. The Kier molecular flexibility index (Phi) is 7.66. The van der Waals surface area contributed by atoms with Crippen LogP contribution in [0.1, 0.15) is 52.9 Å². The van der Waals surface area contributed by atoms with E-state index >= 15 is 0 Å². The Hall–Kier alpha value is -0.260. The molecule has 0 aliphatic carbocycles. The second kappa shape index (κ2) is 7.84. The average Bonchev–Trinajstić information content (AvgIpc) is 2.01. The van der Waals surface area contributed by atoms with Crippen LogP contribution in [0.4, 0.5) is 0 Å². The zero-order valence-electron chi connectivity index (χ0n) is 8.27. The Bertz CT molecular complexity index is 86.2. The maximum absolute atomic E-state index is 2.40. The van der Waals surface area contributed by atoms with Crippen LogP contribution >= 0.6 is 0 Å².